The summed E-state index contributed by atoms with van der Waals surface area (Å²) in [5.41, 5.74) is 0.827. The first kappa shape index (κ1) is 15.7. The molecule has 0 radical (unpaired) electrons. The second kappa shape index (κ2) is 6.23. The molecule has 1 aromatic carbocycles. The minimum absolute atomic E-state index is 0.163. The van der Waals surface area contributed by atoms with Gasteiger partial charge in [-0.25, -0.2) is 4.79 Å². The lowest BCUT2D eigenvalue weighted by atomic mass is 9.69. The SMILES string of the molecule is O=C1OC2(CCCCC2)[C@@H](C(=O)N2CCCCC2)c2ccccc21. The van der Waals surface area contributed by atoms with Crippen molar-refractivity contribution in [2.24, 2.45) is 0 Å². The number of rotatable bonds is 1. The molecule has 2 aliphatic heterocycles. The summed E-state index contributed by atoms with van der Waals surface area (Å²) < 4.78 is 5.98. The minimum Gasteiger partial charge on any atom is -0.454 e. The Bertz CT molecular complexity index is 642. The number of nitrogens with zero attached hydrogens (tertiary/aromatic N) is 1. The number of carbonyl (C=O) groups is 2. The molecule has 1 saturated heterocycles. The van der Waals surface area contributed by atoms with E-state index in [-0.39, 0.29) is 17.8 Å². The van der Waals surface area contributed by atoms with Gasteiger partial charge in [0.05, 0.1) is 5.56 Å². The van der Waals surface area contributed by atoms with E-state index in [1.807, 2.05) is 23.1 Å². The van der Waals surface area contributed by atoms with Crippen LogP contribution in [0.5, 0.6) is 0 Å². The lowest BCUT2D eigenvalue weighted by Gasteiger charge is -2.47. The van der Waals surface area contributed by atoms with Crippen molar-refractivity contribution in [1.82, 2.24) is 4.90 Å². The van der Waals surface area contributed by atoms with Crippen LogP contribution in [0.2, 0.25) is 0 Å². The molecule has 1 saturated carbocycles. The molecule has 4 rings (SSSR count). The predicted octanol–water partition coefficient (Wildman–Crippen LogP) is 3.66. The van der Waals surface area contributed by atoms with Gasteiger partial charge < -0.3 is 9.64 Å². The molecule has 1 aromatic rings. The molecule has 24 heavy (non-hydrogen) atoms. The van der Waals surface area contributed by atoms with Crippen LogP contribution in [0.4, 0.5) is 0 Å². The number of hydrogen-bond donors (Lipinski definition) is 0. The van der Waals surface area contributed by atoms with Gasteiger partial charge in [0, 0.05) is 13.1 Å². The second-order valence-corrected chi connectivity index (χ2v) is 7.42. The van der Waals surface area contributed by atoms with Gasteiger partial charge >= 0.3 is 5.97 Å². The fourth-order valence-corrected chi connectivity index (χ4v) is 4.71. The largest absolute Gasteiger partial charge is 0.454 e. The summed E-state index contributed by atoms with van der Waals surface area (Å²) in [5.74, 6) is -0.420. The molecule has 2 fully saturated rings. The van der Waals surface area contributed by atoms with Crippen molar-refractivity contribution < 1.29 is 14.3 Å². The van der Waals surface area contributed by atoms with Gasteiger partial charge in [-0.05, 0) is 56.6 Å². The third kappa shape index (κ3) is 2.52. The monoisotopic (exact) mass is 327 g/mol. The van der Waals surface area contributed by atoms with E-state index in [0.29, 0.717) is 5.56 Å². The molecule has 1 amide bonds. The van der Waals surface area contributed by atoms with E-state index in [1.54, 1.807) is 6.07 Å². The summed E-state index contributed by atoms with van der Waals surface area (Å²) >= 11 is 0. The Morgan fingerprint density at radius 1 is 1.00 bits per heavy atom. The van der Waals surface area contributed by atoms with Crippen molar-refractivity contribution >= 4 is 11.9 Å². The van der Waals surface area contributed by atoms with Gasteiger partial charge in [-0.3, -0.25) is 4.79 Å². The van der Waals surface area contributed by atoms with Crippen LogP contribution in [0.25, 0.3) is 0 Å². The molecule has 0 bridgehead atoms. The molecule has 1 spiro atoms. The summed E-state index contributed by atoms with van der Waals surface area (Å²) in [6.45, 7) is 1.67. The van der Waals surface area contributed by atoms with E-state index >= 15 is 0 Å². The van der Waals surface area contributed by atoms with Crippen LogP contribution in [-0.2, 0) is 9.53 Å². The van der Waals surface area contributed by atoms with Gasteiger partial charge in [0.15, 0.2) is 0 Å². The highest BCUT2D eigenvalue weighted by Crippen LogP contribution is 2.48. The van der Waals surface area contributed by atoms with E-state index in [1.165, 1.54) is 6.42 Å². The van der Waals surface area contributed by atoms with Crippen molar-refractivity contribution in [2.75, 3.05) is 13.1 Å². The number of amides is 1. The molecule has 1 aliphatic carbocycles. The fourth-order valence-electron chi connectivity index (χ4n) is 4.71. The van der Waals surface area contributed by atoms with E-state index in [0.717, 1.165) is 63.6 Å². The van der Waals surface area contributed by atoms with Gasteiger partial charge in [-0.2, -0.15) is 0 Å². The smallest absolute Gasteiger partial charge is 0.339 e. The topological polar surface area (TPSA) is 46.6 Å². The molecular weight excluding hydrogens is 302 g/mol. The summed E-state index contributed by atoms with van der Waals surface area (Å²) in [7, 11) is 0. The van der Waals surface area contributed by atoms with Crippen LogP contribution >= 0.6 is 0 Å². The van der Waals surface area contributed by atoms with Gasteiger partial charge in [-0.1, -0.05) is 24.6 Å². The number of esters is 1. The van der Waals surface area contributed by atoms with E-state index < -0.39 is 5.60 Å². The Balaban J connectivity index is 1.77. The summed E-state index contributed by atoms with van der Waals surface area (Å²) in [6.07, 6.45) is 8.17. The number of ether oxygens (including phenoxy) is 1. The van der Waals surface area contributed by atoms with Crippen LogP contribution in [0, 0.1) is 0 Å². The maximum Gasteiger partial charge on any atom is 0.339 e. The van der Waals surface area contributed by atoms with Crippen molar-refractivity contribution in [3.8, 4) is 0 Å². The van der Waals surface area contributed by atoms with Gasteiger partial charge in [0.1, 0.15) is 11.5 Å². The first-order chi connectivity index (χ1) is 11.7. The summed E-state index contributed by atoms with van der Waals surface area (Å²) in [5, 5.41) is 0. The molecule has 2 heterocycles. The van der Waals surface area contributed by atoms with Crippen molar-refractivity contribution in [2.45, 2.75) is 62.9 Å². The highest BCUT2D eigenvalue weighted by atomic mass is 16.6. The molecule has 128 valence electrons. The molecule has 4 nitrogen and oxygen atoms in total. The maximum atomic E-state index is 13.4. The Kier molecular flexibility index (Phi) is 4.07. The lowest BCUT2D eigenvalue weighted by molar-refractivity contribution is -0.144. The summed E-state index contributed by atoms with van der Waals surface area (Å²) in [4.78, 5) is 28.0. The average molecular weight is 327 g/mol. The minimum atomic E-state index is -0.627. The molecule has 0 unspecified atom stereocenters. The quantitative estimate of drug-likeness (QED) is 0.740. The van der Waals surface area contributed by atoms with Crippen molar-refractivity contribution in [3.05, 3.63) is 35.4 Å². The van der Waals surface area contributed by atoms with Crippen LogP contribution in [0.15, 0.2) is 24.3 Å². The molecular formula is C20H25NO3. The zero-order valence-electron chi connectivity index (χ0n) is 14.1. The number of likely N-dealkylation sites (tertiary alicyclic amines) is 1. The Morgan fingerprint density at radius 2 is 1.67 bits per heavy atom. The second-order valence-electron chi connectivity index (χ2n) is 7.42. The van der Waals surface area contributed by atoms with Crippen LogP contribution in [-0.4, -0.2) is 35.5 Å². The Hall–Kier alpha value is -1.84. The normalized spacial score (nSPS) is 25.9. The number of carbonyl (C=O) groups excluding carboxylic acids is 2. The van der Waals surface area contributed by atoms with Gasteiger partial charge in [0.2, 0.25) is 5.91 Å². The maximum absolute atomic E-state index is 13.4. The zero-order chi connectivity index (χ0) is 16.6. The number of hydrogen-bond acceptors (Lipinski definition) is 3. The van der Waals surface area contributed by atoms with E-state index in [9.17, 15) is 9.59 Å². The zero-order valence-corrected chi connectivity index (χ0v) is 14.1. The first-order valence-corrected chi connectivity index (χ1v) is 9.32. The lowest BCUT2D eigenvalue weighted by Crippen LogP contribution is -2.53. The average Bonchev–Trinajstić information content (AvgIpc) is 2.63. The van der Waals surface area contributed by atoms with Crippen LogP contribution in [0.3, 0.4) is 0 Å². The molecule has 4 heteroatoms. The fraction of sp³-hybridized carbons (Fsp3) is 0.600. The molecule has 0 aromatic heterocycles. The van der Waals surface area contributed by atoms with E-state index in [2.05, 4.69) is 0 Å². The molecule has 3 aliphatic rings. The highest BCUT2D eigenvalue weighted by molar-refractivity contribution is 5.98. The van der Waals surface area contributed by atoms with Crippen molar-refractivity contribution in [1.29, 1.82) is 0 Å². The Labute approximate surface area is 143 Å². The third-order valence-corrected chi connectivity index (χ3v) is 5.93. The number of fused-ring (bicyclic) bond motifs is 1. The highest BCUT2D eigenvalue weighted by Gasteiger charge is 2.53. The third-order valence-electron chi connectivity index (χ3n) is 5.93. The van der Waals surface area contributed by atoms with Gasteiger partial charge in [0.25, 0.3) is 0 Å². The van der Waals surface area contributed by atoms with Gasteiger partial charge in [-0.15, -0.1) is 0 Å². The number of benzene rings is 1. The molecule has 1 atom stereocenters. The van der Waals surface area contributed by atoms with E-state index in [4.69, 9.17) is 4.74 Å². The van der Waals surface area contributed by atoms with Crippen LogP contribution < -0.4 is 0 Å². The summed E-state index contributed by atoms with van der Waals surface area (Å²) in [6, 6.07) is 7.54. The first-order valence-electron chi connectivity index (χ1n) is 9.32. The van der Waals surface area contributed by atoms with Crippen LogP contribution in [0.1, 0.15) is 73.2 Å². The molecule has 0 N–H and O–H groups in total. The Morgan fingerprint density at radius 3 is 2.42 bits per heavy atom. The van der Waals surface area contributed by atoms with Crippen molar-refractivity contribution in [3.63, 3.8) is 0 Å². The number of piperidine rings is 1. The standard InChI is InChI=1S/C20H25NO3/c22-18(21-13-7-2-8-14-21)17-15-9-3-4-10-16(15)19(23)24-20(17)11-5-1-6-12-20/h3-4,9-10,17H,1-2,5-8,11-14H2/t17-/m1/s1. The predicted molar refractivity (Wildman–Crippen MR) is 90.8 cm³/mol.